The summed E-state index contributed by atoms with van der Waals surface area (Å²) in [7, 11) is 1.48. The van der Waals surface area contributed by atoms with Gasteiger partial charge in [0.25, 0.3) is 5.69 Å². The van der Waals surface area contributed by atoms with Crippen LogP contribution in [0.25, 0.3) is 0 Å². The van der Waals surface area contributed by atoms with Gasteiger partial charge in [-0.25, -0.2) is 4.98 Å². The lowest BCUT2D eigenvalue weighted by molar-refractivity contribution is -0.384. The van der Waals surface area contributed by atoms with Gasteiger partial charge in [-0.1, -0.05) is 0 Å². The molecule has 1 aromatic carbocycles. The normalized spacial score (nSPS) is 10.2. The zero-order valence-corrected chi connectivity index (χ0v) is 11.4. The van der Waals surface area contributed by atoms with E-state index in [2.05, 4.69) is 10.3 Å². The van der Waals surface area contributed by atoms with Crippen LogP contribution in [0.3, 0.4) is 0 Å². The highest BCUT2D eigenvalue weighted by Gasteiger charge is 2.11. The Balaban J connectivity index is 2.13. The summed E-state index contributed by atoms with van der Waals surface area (Å²) in [6.45, 7) is 2.50. The molecule has 100 valence electrons. The predicted molar refractivity (Wildman–Crippen MR) is 73.8 cm³/mol. The molecule has 1 aromatic heterocycles. The molecule has 0 amide bonds. The largest absolute Gasteiger partial charge is 0.494 e. The summed E-state index contributed by atoms with van der Waals surface area (Å²) in [5.74, 6) is 0.447. The fourth-order valence-electron chi connectivity index (χ4n) is 1.59. The Hall–Kier alpha value is -2.15. The van der Waals surface area contributed by atoms with E-state index in [1.807, 2.05) is 12.3 Å². The van der Waals surface area contributed by atoms with Crippen molar-refractivity contribution in [3.63, 3.8) is 0 Å². The van der Waals surface area contributed by atoms with E-state index < -0.39 is 4.92 Å². The van der Waals surface area contributed by atoms with E-state index in [0.29, 0.717) is 18.0 Å². The number of aryl methyl sites for hydroxylation is 1. The van der Waals surface area contributed by atoms with Gasteiger partial charge < -0.3 is 10.1 Å². The number of non-ortho nitro benzene ring substituents is 1. The van der Waals surface area contributed by atoms with Crippen LogP contribution in [0, 0.1) is 17.0 Å². The molecule has 2 rings (SSSR count). The number of hydrogen-bond acceptors (Lipinski definition) is 6. The molecule has 1 N–H and O–H groups in total. The van der Waals surface area contributed by atoms with Crippen molar-refractivity contribution in [2.45, 2.75) is 13.5 Å². The molecule has 0 aliphatic carbocycles. The molecule has 7 heteroatoms. The van der Waals surface area contributed by atoms with Gasteiger partial charge in [0, 0.05) is 17.1 Å². The lowest BCUT2D eigenvalue weighted by Gasteiger charge is -2.09. The van der Waals surface area contributed by atoms with Crippen molar-refractivity contribution in [2.24, 2.45) is 0 Å². The second-order valence-electron chi connectivity index (χ2n) is 3.88. The zero-order chi connectivity index (χ0) is 13.8. The molecule has 0 aliphatic heterocycles. The van der Waals surface area contributed by atoms with Crippen molar-refractivity contribution in [3.05, 3.63) is 44.4 Å². The van der Waals surface area contributed by atoms with E-state index in [9.17, 15) is 10.1 Å². The number of nitrogens with zero attached hydrogens (tertiary/aromatic N) is 2. The molecule has 0 fully saturated rings. The summed E-state index contributed by atoms with van der Waals surface area (Å²) < 4.78 is 5.15. The summed E-state index contributed by atoms with van der Waals surface area (Å²) >= 11 is 1.57. The predicted octanol–water partition coefficient (Wildman–Crippen LogP) is 2.98. The van der Waals surface area contributed by atoms with Crippen molar-refractivity contribution in [2.75, 3.05) is 12.4 Å². The average molecular weight is 279 g/mol. The van der Waals surface area contributed by atoms with Crippen molar-refractivity contribution in [1.82, 2.24) is 4.98 Å². The molecule has 0 aliphatic rings. The minimum Gasteiger partial charge on any atom is -0.494 e. The Morgan fingerprint density at radius 1 is 1.53 bits per heavy atom. The third kappa shape index (κ3) is 3.19. The molecule has 0 atom stereocenters. The number of hydrogen-bond donors (Lipinski definition) is 1. The first-order valence-electron chi connectivity index (χ1n) is 5.57. The average Bonchev–Trinajstić information content (AvgIpc) is 2.81. The first kappa shape index (κ1) is 13.3. The van der Waals surface area contributed by atoms with Crippen LogP contribution < -0.4 is 10.1 Å². The van der Waals surface area contributed by atoms with E-state index >= 15 is 0 Å². The van der Waals surface area contributed by atoms with Gasteiger partial charge in [0.1, 0.15) is 10.8 Å². The molecule has 2 aromatic rings. The Morgan fingerprint density at radius 3 is 2.89 bits per heavy atom. The van der Waals surface area contributed by atoms with Gasteiger partial charge in [-0.3, -0.25) is 10.1 Å². The molecule has 0 bridgehead atoms. The molecular formula is C12H13N3O3S. The molecule has 0 saturated heterocycles. The van der Waals surface area contributed by atoms with Crippen molar-refractivity contribution in [1.29, 1.82) is 0 Å². The topological polar surface area (TPSA) is 77.3 Å². The van der Waals surface area contributed by atoms with Crippen LogP contribution in [0.4, 0.5) is 11.4 Å². The second-order valence-corrected chi connectivity index (χ2v) is 4.82. The van der Waals surface area contributed by atoms with E-state index in [1.54, 1.807) is 17.4 Å². The molecule has 19 heavy (non-hydrogen) atoms. The zero-order valence-electron chi connectivity index (χ0n) is 10.5. The van der Waals surface area contributed by atoms with Gasteiger partial charge in [0.15, 0.2) is 0 Å². The standard InChI is InChI=1S/C12H13N3O3S/c1-8-7-19-12(14-8)6-13-10-4-3-9(15(16)17)5-11(10)18-2/h3-5,7,13H,6H2,1-2H3. The summed E-state index contributed by atoms with van der Waals surface area (Å²) in [5.41, 5.74) is 1.70. The molecule has 0 saturated carbocycles. The maximum atomic E-state index is 10.7. The molecule has 1 heterocycles. The van der Waals surface area contributed by atoms with E-state index in [-0.39, 0.29) is 5.69 Å². The van der Waals surface area contributed by atoms with Gasteiger partial charge in [-0.05, 0) is 13.0 Å². The maximum Gasteiger partial charge on any atom is 0.273 e. The van der Waals surface area contributed by atoms with Gasteiger partial charge in [0.2, 0.25) is 0 Å². The minimum atomic E-state index is -0.448. The van der Waals surface area contributed by atoms with Crippen LogP contribution in [0.2, 0.25) is 0 Å². The summed E-state index contributed by atoms with van der Waals surface area (Å²) in [6.07, 6.45) is 0. The Kier molecular flexibility index (Phi) is 3.96. The Morgan fingerprint density at radius 2 is 2.32 bits per heavy atom. The lowest BCUT2D eigenvalue weighted by atomic mass is 10.2. The minimum absolute atomic E-state index is 0.00694. The van der Waals surface area contributed by atoms with Crippen LogP contribution >= 0.6 is 11.3 Å². The van der Waals surface area contributed by atoms with E-state index in [4.69, 9.17) is 4.74 Å². The molecule has 6 nitrogen and oxygen atoms in total. The van der Waals surface area contributed by atoms with Crippen molar-refractivity contribution in [3.8, 4) is 5.75 Å². The number of anilines is 1. The molecular weight excluding hydrogens is 266 g/mol. The van der Waals surface area contributed by atoms with Crippen LogP contribution in [0.1, 0.15) is 10.7 Å². The second kappa shape index (κ2) is 5.66. The number of nitro benzene ring substituents is 1. The fraction of sp³-hybridized carbons (Fsp3) is 0.250. The summed E-state index contributed by atoms with van der Waals surface area (Å²) in [6, 6.07) is 4.48. The number of nitro groups is 1. The summed E-state index contributed by atoms with van der Waals surface area (Å²) in [4.78, 5) is 14.6. The highest BCUT2D eigenvalue weighted by molar-refractivity contribution is 7.09. The number of rotatable bonds is 5. The monoisotopic (exact) mass is 279 g/mol. The van der Waals surface area contributed by atoms with Gasteiger partial charge in [-0.15, -0.1) is 11.3 Å². The quantitative estimate of drug-likeness (QED) is 0.672. The first-order valence-corrected chi connectivity index (χ1v) is 6.45. The first-order chi connectivity index (χ1) is 9.10. The highest BCUT2D eigenvalue weighted by Crippen LogP contribution is 2.29. The number of aromatic nitrogens is 1. The molecule has 0 radical (unpaired) electrons. The Bertz CT molecular complexity index is 598. The van der Waals surface area contributed by atoms with Crippen LogP contribution in [-0.2, 0) is 6.54 Å². The van der Waals surface area contributed by atoms with E-state index in [0.717, 1.165) is 10.7 Å². The molecule has 0 spiro atoms. The number of benzene rings is 1. The Labute approximate surface area is 114 Å². The highest BCUT2D eigenvalue weighted by atomic mass is 32.1. The fourth-order valence-corrected chi connectivity index (χ4v) is 2.31. The summed E-state index contributed by atoms with van der Waals surface area (Å²) in [5, 5.41) is 16.8. The number of thiazole rings is 1. The van der Waals surface area contributed by atoms with Gasteiger partial charge >= 0.3 is 0 Å². The van der Waals surface area contributed by atoms with Crippen molar-refractivity contribution >= 4 is 22.7 Å². The van der Waals surface area contributed by atoms with E-state index in [1.165, 1.54) is 19.2 Å². The number of methoxy groups -OCH3 is 1. The third-order valence-corrected chi connectivity index (χ3v) is 3.46. The third-order valence-electron chi connectivity index (χ3n) is 2.49. The number of nitrogens with one attached hydrogen (secondary N) is 1. The SMILES string of the molecule is COc1cc([N+](=O)[O-])ccc1NCc1nc(C)cs1. The lowest BCUT2D eigenvalue weighted by Crippen LogP contribution is -2.01. The number of ether oxygens (including phenoxy) is 1. The van der Waals surface area contributed by atoms with Gasteiger partial charge in [0.05, 0.1) is 30.3 Å². The van der Waals surface area contributed by atoms with Crippen LogP contribution in [0.15, 0.2) is 23.6 Å². The molecule has 0 unspecified atom stereocenters. The maximum absolute atomic E-state index is 10.7. The van der Waals surface area contributed by atoms with Crippen LogP contribution in [0.5, 0.6) is 5.75 Å². The van der Waals surface area contributed by atoms with Crippen LogP contribution in [-0.4, -0.2) is 17.0 Å². The van der Waals surface area contributed by atoms with Gasteiger partial charge in [-0.2, -0.15) is 0 Å². The smallest absolute Gasteiger partial charge is 0.273 e. The van der Waals surface area contributed by atoms with Crippen molar-refractivity contribution < 1.29 is 9.66 Å².